The molecule has 0 bridgehead atoms. The third-order valence-corrected chi connectivity index (χ3v) is 2.94. The van der Waals surface area contributed by atoms with Crippen LogP contribution in [0.25, 0.3) is 0 Å². The topological polar surface area (TPSA) is 82.7 Å². The van der Waals surface area contributed by atoms with Gasteiger partial charge in [0.1, 0.15) is 17.6 Å². The van der Waals surface area contributed by atoms with Crippen molar-refractivity contribution in [1.29, 1.82) is 0 Å². The average Bonchev–Trinajstić information content (AvgIpc) is 2.95. The molecule has 6 nitrogen and oxygen atoms in total. The van der Waals surface area contributed by atoms with Gasteiger partial charge in [-0.3, -0.25) is 9.98 Å². The largest absolute Gasteiger partial charge is 0.464 e. The van der Waals surface area contributed by atoms with Crippen molar-refractivity contribution >= 4 is 5.96 Å². The third kappa shape index (κ3) is 4.61. The van der Waals surface area contributed by atoms with Gasteiger partial charge in [0.05, 0.1) is 18.8 Å². The molecule has 2 heterocycles. The van der Waals surface area contributed by atoms with Crippen LogP contribution in [-0.2, 0) is 6.54 Å². The minimum absolute atomic E-state index is 0.314. The van der Waals surface area contributed by atoms with E-state index in [0.29, 0.717) is 24.8 Å². The molecular formula is C15H20N4O2. The van der Waals surface area contributed by atoms with Gasteiger partial charge in [-0.1, -0.05) is 6.07 Å². The van der Waals surface area contributed by atoms with Crippen molar-refractivity contribution in [2.75, 3.05) is 13.6 Å². The van der Waals surface area contributed by atoms with Crippen LogP contribution >= 0.6 is 0 Å². The first-order valence-electron chi connectivity index (χ1n) is 6.78. The highest BCUT2D eigenvalue weighted by Gasteiger charge is 2.12. The first kappa shape index (κ1) is 15.1. The fourth-order valence-corrected chi connectivity index (χ4v) is 1.82. The summed E-state index contributed by atoms with van der Waals surface area (Å²) in [6, 6.07) is 9.33. The molecule has 0 saturated carbocycles. The Labute approximate surface area is 123 Å². The molecule has 1 unspecified atom stereocenters. The van der Waals surface area contributed by atoms with E-state index in [1.807, 2.05) is 31.2 Å². The summed E-state index contributed by atoms with van der Waals surface area (Å²) in [5.74, 6) is 1.92. The van der Waals surface area contributed by atoms with Crippen LogP contribution in [-0.4, -0.2) is 29.6 Å². The summed E-state index contributed by atoms with van der Waals surface area (Å²) in [6.07, 6.45) is 1.03. The second-order valence-corrected chi connectivity index (χ2v) is 4.59. The molecule has 0 fully saturated rings. The average molecular weight is 288 g/mol. The van der Waals surface area contributed by atoms with E-state index in [4.69, 9.17) is 4.42 Å². The van der Waals surface area contributed by atoms with Crippen molar-refractivity contribution in [1.82, 2.24) is 15.6 Å². The predicted octanol–water partition coefficient (Wildman–Crippen LogP) is 1.38. The highest BCUT2D eigenvalue weighted by Crippen LogP contribution is 2.14. The van der Waals surface area contributed by atoms with E-state index >= 15 is 0 Å². The summed E-state index contributed by atoms with van der Waals surface area (Å²) in [5, 5.41) is 16.2. The van der Waals surface area contributed by atoms with Crippen molar-refractivity contribution in [3.63, 3.8) is 0 Å². The molecule has 0 radical (unpaired) electrons. The molecule has 2 aromatic heterocycles. The Morgan fingerprint density at radius 2 is 2.19 bits per heavy atom. The molecule has 21 heavy (non-hydrogen) atoms. The smallest absolute Gasteiger partial charge is 0.191 e. The van der Waals surface area contributed by atoms with Gasteiger partial charge in [0, 0.05) is 13.2 Å². The zero-order chi connectivity index (χ0) is 15.1. The molecule has 2 aromatic rings. The first-order valence-corrected chi connectivity index (χ1v) is 6.78. The number of hydrogen-bond donors (Lipinski definition) is 3. The summed E-state index contributed by atoms with van der Waals surface area (Å²) in [7, 11) is 1.68. The first-order chi connectivity index (χ1) is 10.2. The molecular weight excluding hydrogens is 268 g/mol. The lowest BCUT2D eigenvalue weighted by Crippen LogP contribution is -2.39. The second kappa shape index (κ2) is 7.44. The van der Waals surface area contributed by atoms with Gasteiger partial charge >= 0.3 is 0 Å². The Hall–Kier alpha value is -2.34. The van der Waals surface area contributed by atoms with Crippen molar-refractivity contribution in [2.45, 2.75) is 19.6 Å². The zero-order valence-electron chi connectivity index (χ0n) is 12.2. The Bertz CT molecular complexity index is 580. The standard InChI is InChI=1S/C15H20N4O2/c1-11-6-7-14(21-11)13(20)10-19-15(16-2)18-9-12-5-3-4-8-17-12/h3-8,13,20H,9-10H2,1-2H3,(H2,16,18,19). The van der Waals surface area contributed by atoms with E-state index in [2.05, 4.69) is 20.6 Å². The zero-order valence-corrected chi connectivity index (χ0v) is 12.2. The van der Waals surface area contributed by atoms with Crippen molar-refractivity contribution in [3.8, 4) is 0 Å². The maximum Gasteiger partial charge on any atom is 0.191 e. The number of furan rings is 1. The van der Waals surface area contributed by atoms with Gasteiger partial charge in [0.15, 0.2) is 5.96 Å². The quantitative estimate of drug-likeness (QED) is 0.572. The van der Waals surface area contributed by atoms with Crippen molar-refractivity contribution < 1.29 is 9.52 Å². The Morgan fingerprint density at radius 3 is 2.81 bits per heavy atom. The summed E-state index contributed by atoms with van der Waals surface area (Å²) >= 11 is 0. The fourth-order valence-electron chi connectivity index (χ4n) is 1.82. The van der Waals surface area contributed by atoms with E-state index in [9.17, 15) is 5.11 Å². The number of guanidine groups is 1. The van der Waals surface area contributed by atoms with Crippen LogP contribution in [0.2, 0.25) is 0 Å². The van der Waals surface area contributed by atoms with Crippen LogP contribution < -0.4 is 10.6 Å². The maximum absolute atomic E-state index is 10.0. The molecule has 0 aromatic carbocycles. The molecule has 0 saturated heterocycles. The number of aryl methyl sites for hydroxylation is 1. The monoisotopic (exact) mass is 288 g/mol. The highest BCUT2D eigenvalue weighted by molar-refractivity contribution is 5.79. The molecule has 6 heteroatoms. The predicted molar refractivity (Wildman–Crippen MR) is 80.8 cm³/mol. The van der Waals surface area contributed by atoms with Crippen LogP contribution in [0.1, 0.15) is 23.3 Å². The second-order valence-electron chi connectivity index (χ2n) is 4.59. The third-order valence-electron chi connectivity index (χ3n) is 2.94. The van der Waals surface area contributed by atoms with E-state index in [0.717, 1.165) is 11.5 Å². The maximum atomic E-state index is 10.0. The Kier molecular flexibility index (Phi) is 5.34. The molecule has 0 aliphatic heterocycles. The van der Waals surface area contributed by atoms with E-state index in [1.54, 1.807) is 19.3 Å². The van der Waals surface area contributed by atoms with Crippen LogP contribution in [0.5, 0.6) is 0 Å². The molecule has 2 rings (SSSR count). The van der Waals surface area contributed by atoms with Crippen LogP contribution in [0.3, 0.4) is 0 Å². The normalized spacial score (nSPS) is 13.0. The van der Waals surface area contributed by atoms with Crippen LogP contribution in [0.15, 0.2) is 45.9 Å². The molecule has 0 aliphatic carbocycles. The number of aliphatic hydroxyl groups is 1. The Balaban J connectivity index is 1.80. The number of aromatic nitrogens is 1. The molecule has 1 atom stereocenters. The molecule has 0 aliphatic rings. The minimum Gasteiger partial charge on any atom is -0.464 e. The molecule has 0 spiro atoms. The highest BCUT2D eigenvalue weighted by atomic mass is 16.4. The van der Waals surface area contributed by atoms with Crippen LogP contribution in [0, 0.1) is 6.92 Å². The van der Waals surface area contributed by atoms with E-state index in [-0.39, 0.29) is 0 Å². The SMILES string of the molecule is CN=C(NCc1ccccn1)NCC(O)c1ccc(C)o1. The lowest BCUT2D eigenvalue weighted by molar-refractivity contribution is 0.151. The number of nitrogens with zero attached hydrogens (tertiary/aromatic N) is 2. The molecule has 112 valence electrons. The minimum atomic E-state index is -0.716. The van der Waals surface area contributed by atoms with Gasteiger partial charge < -0.3 is 20.2 Å². The molecule has 3 N–H and O–H groups in total. The summed E-state index contributed by atoms with van der Waals surface area (Å²) in [6.45, 7) is 2.72. The van der Waals surface area contributed by atoms with Gasteiger partial charge in [0.25, 0.3) is 0 Å². The van der Waals surface area contributed by atoms with Crippen molar-refractivity contribution in [3.05, 3.63) is 53.7 Å². The van der Waals surface area contributed by atoms with Crippen molar-refractivity contribution in [2.24, 2.45) is 4.99 Å². The lowest BCUT2D eigenvalue weighted by atomic mass is 10.3. The lowest BCUT2D eigenvalue weighted by Gasteiger charge is -2.14. The number of pyridine rings is 1. The summed E-state index contributed by atoms with van der Waals surface area (Å²) in [5.41, 5.74) is 0.919. The number of nitrogens with one attached hydrogen (secondary N) is 2. The van der Waals surface area contributed by atoms with Gasteiger partial charge in [-0.05, 0) is 31.2 Å². The Morgan fingerprint density at radius 1 is 1.33 bits per heavy atom. The fraction of sp³-hybridized carbons (Fsp3) is 0.333. The summed E-state index contributed by atoms with van der Waals surface area (Å²) in [4.78, 5) is 8.32. The van der Waals surface area contributed by atoms with Gasteiger partial charge in [0.2, 0.25) is 0 Å². The van der Waals surface area contributed by atoms with E-state index < -0.39 is 6.10 Å². The number of rotatable bonds is 5. The number of aliphatic hydroxyl groups excluding tert-OH is 1. The van der Waals surface area contributed by atoms with Gasteiger partial charge in [-0.2, -0.15) is 0 Å². The molecule has 0 amide bonds. The van der Waals surface area contributed by atoms with Gasteiger partial charge in [-0.15, -0.1) is 0 Å². The number of hydrogen-bond acceptors (Lipinski definition) is 4. The van der Waals surface area contributed by atoms with E-state index in [1.165, 1.54) is 0 Å². The van der Waals surface area contributed by atoms with Crippen LogP contribution in [0.4, 0.5) is 0 Å². The summed E-state index contributed by atoms with van der Waals surface area (Å²) < 4.78 is 5.38. The number of aliphatic imine (C=N–C) groups is 1. The van der Waals surface area contributed by atoms with Gasteiger partial charge in [-0.25, -0.2) is 0 Å².